The molecule has 246 valence electrons. The van der Waals surface area contributed by atoms with Crippen LogP contribution in [-0.4, -0.2) is 18.0 Å². The summed E-state index contributed by atoms with van der Waals surface area (Å²) in [6.45, 7) is 0.0797. The van der Waals surface area contributed by atoms with Crippen LogP contribution >= 0.6 is 0 Å². The maximum absolute atomic E-state index is 6.79. The Morgan fingerprint density at radius 3 is 1.63 bits per heavy atom. The average Bonchev–Trinajstić information content (AvgIpc) is 3.78. The van der Waals surface area contributed by atoms with Crippen LogP contribution in [0.25, 0.3) is 49.4 Å². The van der Waals surface area contributed by atoms with Crippen LogP contribution in [0.15, 0.2) is 168 Å². The Labute approximate surface area is 311 Å². The molecule has 0 unspecified atom stereocenters. The molecule has 0 saturated heterocycles. The van der Waals surface area contributed by atoms with Gasteiger partial charge in [0.25, 0.3) is 13.4 Å². The minimum atomic E-state index is 0.0120. The fraction of sp³-hybridized carbons (Fsp3) is 0. The molecule has 0 atom stereocenters. The summed E-state index contributed by atoms with van der Waals surface area (Å²) in [5.41, 5.74) is 21.1. The Hall–Kier alpha value is -6.91. The van der Waals surface area contributed by atoms with Crippen LogP contribution in [0.5, 0.6) is 0 Å². The smallest absolute Gasteiger partial charge is 0.252 e. The predicted molar refractivity (Wildman–Crippen MR) is 227 cm³/mol. The zero-order valence-electron chi connectivity index (χ0n) is 29.0. The summed E-state index contributed by atoms with van der Waals surface area (Å²) in [5, 5.41) is 4.97. The monoisotopic (exact) mass is 683 g/mol. The van der Waals surface area contributed by atoms with Crippen LogP contribution in [0.4, 0.5) is 34.1 Å². The minimum Gasteiger partial charge on any atom is -0.456 e. The lowest BCUT2D eigenvalue weighted by molar-refractivity contribution is 0.669. The number of hydrogen-bond donors (Lipinski definition) is 0. The zero-order chi connectivity index (χ0) is 34.8. The van der Waals surface area contributed by atoms with E-state index in [1.807, 2.05) is 0 Å². The molecule has 0 amide bonds. The fourth-order valence-corrected chi connectivity index (χ4v) is 10.9. The summed E-state index contributed by atoms with van der Waals surface area (Å²) in [4.78, 5) is 5.03. The summed E-state index contributed by atoms with van der Waals surface area (Å²) in [5.74, 6) is 0. The zero-order valence-corrected chi connectivity index (χ0v) is 29.0. The van der Waals surface area contributed by atoms with E-state index < -0.39 is 0 Å². The van der Waals surface area contributed by atoms with Crippen molar-refractivity contribution in [3.05, 3.63) is 164 Å². The molecule has 4 aliphatic heterocycles. The average molecular weight is 683 g/mol. The fourth-order valence-electron chi connectivity index (χ4n) is 10.9. The molecular weight excluding hydrogens is 656 g/mol. The highest BCUT2D eigenvalue weighted by Gasteiger charge is 2.50. The van der Waals surface area contributed by atoms with E-state index in [1.165, 1.54) is 93.8 Å². The Balaban J connectivity index is 1.26. The van der Waals surface area contributed by atoms with E-state index in [0.29, 0.717) is 0 Å². The molecule has 8 aromatic carbocycles. The summed E-state index contributed by atoms with van der Waals surface area (Å²) < 4.78 is 9.47. The third-order valence-corrected chi connectivity index (χ3v) is 12.7. The van der Waals surface area contributed by atoms with Crippen LogP contribution in [-0.2, 0) is 0 Å². The van der Waals surface area contributed by atoms with Crippen molar-refractivity contribution in [3.8, 4) is 5.69 Å². The molecule has 54 heavy (non-hydrogen) atoms. The molecule has 0 aliphatic carbocycles. The lowest BCUT2D eigenvalue weighted by Gasteiger charge is -2.46. The van der Waals surface area contributed by atoms with Crippen molar-refractivity contribution in [3.63, 3.8) is 0 Å². The van der Waals surface area contributed by atoms with Crippen LogP contribution in [0.3, 0.4) is 0 Å². The van der Waals surface area contributed by atoms with Gasteiger partial charge in [0, 0.05) is 66.9 Å². The van der Waals surface area contributed by atoms with Gasteiger partial charge in [-0.3, -0.25) is 0 Å². The van der Waals surface area contributed by atoms with E-state index in [-0.39, 0.29) is 13.4 Å². The molecule has 2 aromatic heterocycles. The first kappa shape index (κ1) is 27.7. The first-order chi connectivity index (χ1) is 26.8. The van der Waals surface area contributed by atoms with E-state index in [0.717, 1.165) is 22.5 Å². The Morgan fingerprint density at radius 2 is 0.944 bits per heavy atom. The van der Waals surface area contributed by atoms with E-state index >= 15 is 0 Å². The van der Waals surface area contributed by atoms with Crippen molar-refractivity contribution in [1.82, 2.24) is 4.57 Å². The molecule has 0 saturated carbocycles. The highest BCUT2D eigenvalue weighted by Crippen LogP contribution is 2.49. The van der Waals surface area contributed by atoms with Crippen molar-refractivity contribution in [2.45, 2.75) is 0 Å². The number of hydrogen-bond acceptors (Lipinski definition) is 3. The standard InChI is InChI=1S/C48H27B2N3O/c1-3-14-28(15-4-1)51-36-23-10-8-20-32(36)49-34-22-13-19-31-43-42-30-18-7-12-25-40(30)54-41(42)26-35-47(43)53(46(31)34)48-44(49)38(51)27-39-45(48)50(35)33-21-9-11-24-37(33)52(39)29-16-5-2-6-17-29/h1-27H. The van der Waals surface area contributed by atoms with Gasteiger partial charge in [-0.05, 0) is 87.4 Å². The molecule has 4 aliphatic rings. The number of fused-ring (bicyclic) bond motifs is 11. The number of anilines is 6. The Kier molecular flexibility index (Phi) is 4.90. The molecule has 0 fully saturated rings. The number of benzene rings is 8. The Bertz CT molecular complexity index is 3310. The lowest BCUT2D eigenvalue weighted by Crippen LogP contribution is -2.67. The van der Waals surface area contributed by atoms with Crippen LogP contribution in [0, 0.1) is 0 Å². The van der Waals surface area contributed by atoms with E-state index in [2.05, 4.69) is 178 Å². The second-order valence-corrected chi connectivity index (χ2v) is 15.2. The first-order valence-corrected chi connectivity index (χ1v) is 18.9. The third-order valence-electron chi connectivity index (χ3n) is 12.7. The maximum atomic E-state index is 6.79. The van der Waals surface area contributed by atoms with Crippen molar-refractivity contribution in [1.29, 1.82) is 0 Å². The quantitative estimate of drug-likeness (QED) is 0.173. The van der Waals surface area contributed by atoms with Crippen LogP contribution in [0.2, 0.25) is 0 Å². The summed E-state index contributed by atoms with van der Waals surface area (Å²) in [7, 11) is 0. The van der Waals surface area contributed by atoms with Gasteiger partial charge in [-0.2, -0.15) is 0 Å². The van der Waals surface area contributed by atoms with E-state index in [1.54, 1.807) is 0 Å². The second kappa shape index (κ2) is 9.54. The molecule has 0 radical (unpaired) electrons. The van der Waals surface area contributed by atoms with E-state index in [9.17, 15) is 0 Å². The number of rotatable bonds is 2. The van der Waals surface area contributed by atoms with Gasteiger partial charge in [-0.15, -0.1) is 0 Å². The highest BCUT2D eigenvalue weighted by atomic mass is 16.3. The predicted octanol–water partition coefficient (Wildman–Crippen LogP) is 7.91. The van der Waals surface area contributed by atoms with Gasteiger partial charge in [0.1, 0.15) is 11.2 Å². The van der Waals surface area contributed by atoms with Crippen LogP contribution < -0.4 is 42.6 Å². The molecule has 10 aromatic rings. The van der Waals surface area contributed by atoms with E-state index in [4.69, 9.17) is 4.42 Å². The highest BCUT2D eigenvalue weighted by molar-refractivity contribution is 7.04. The second-order valence-electron chi connectivity index (χ2n) is 15.2. The number of aromatic nitrogens is 1. The molecule has 0 N–H and O–H groups in total. The number of para-hydroxylation sites is 6. The van der Waals surface area contributed by atoms with Gasteiger partial charge in [0.15, 0.2) is 0 Å². The minimum absolute atomic E-state index is 0.0120. The van der Waals surface area contributed by atoms with Crippen LogP contribution in [0.1, 0.15) is 0 Å². The largest absolute Gasteiger partial charge is 0.456 e. The van der Waals surface area contributed by atoms with Gasteiger partial charge < -0.3 is 18.8 Å². The van der Waals surface area contributed by atoms with Crippen molar-refractivity contribution in [2.75, 3.05) is 9.80 Å². The SMILES string of the molecule is c1ccc(N2c3ccccc3B3c4c2cc2c5c4-n4c6c3cccc6c3c6c(cc(c34)B5c3ccccc3N2c2ccccc2)oc2ccccc26)cc1. The first-order valence-electron chi connectivity index (χ1n) is 18.9. The molecule has 14 rings (SSSR count). The van der Waals surface area contributed by atoms with Gasteiger partial charge in [0.05, 0.1) is 5.52 Å². The summed E-state index contributed by atoms with van der Waals surface area (Å²) in [6.07, 6.45) is 0. The number of nitrogens with zero attached hydrogens (tertiary/aromatic N) is 3. The van der Waals surface area contributed by atoms with Gasteiger partial charge in [-0.25, -0.2) is 0 Å². The maximum Gasteiger partial charge on any atom is 0.252 e. The topological polar surface area (TPSA) is 24.6 Å². The molecular formula is C48H27B2N3O. The summed E-state index contributed by atoms with van der Waals surface area (Å²) in [6, 6.07) is 60.5. The van der Waals surface area contributed by atoms with Gasteiger partial charge >= 0.3 is 0 Å². The molecule has 6 heteroatoms. The van der Waals surface area contributed by atoms with Crippen molar-refractivity contribution >= 4 is 124 Å². The number of furan rings is 1. The summed E-state index contributed by atoms with van der Waals surface area (Å²) >= 11 is 0. The van der Waals surface area contributed by atoms with Gasteiger partial charge in [0.2, 0.25) is 0 Å². The molecule has 6 heterocycles. The molecule has 0 spiro atoms. The lowest BCUT2D eigenvalue weighted by atomic mass is 9.29. The molecule has 4 nitrogen and oxygen atoms in total. The van der Waals surface area contributed by atoms with Crippen molar-refractivity contribution < 1.29 is 4.42 Å². The van der Waals surface area contributed by atoms with Crippen molar-refractivity contribution in [2.24, 2.45) is 0 Å². The molecule has 0 bridgehead atoms. The normalized spacial score (nSPS) is 14.1. The Morgan fingerprint density at radius 1 is 0.389 bits per heavy atom. The third kappa shape index (κ3) is 3.10. The van der Waals surface area contributed by atoms with Gasteiger partial charge in [-0.1, -0.05) is 109 Å².